The summed E-state index contributed by atoms with van der Waals surface area (Å²) in [5.41, 5.74) is 10.00. The van der Waals surface area contributed by atoms with Crippen molar-refractivity contribution >= 4 is 130 Å². The quantitative estimate of drug-likeness (QED) is 0.155. The van der Waals surface area contributed by atoms with Crippen molar-refractivity contribution in [3.63, 3.8) is 0 Å². The zero-order valence-electron chi connectivity index (χ0n) is 65.9. The summed E-state index contributed by atoms with van der Waals surface area (Å²) in [5.74, 6) is 0. The summed E-state index contributed by atoms with van der Waals surface area (Å²) >= 11 is 0. The fourth-order valence-electron chi connectivity index (χ4n) is 14.5. The first-order chi connectivity index (χ1) is 53.3. The van der Waals surface area contributed by atoms with Gasteiger partial charge in [-0.05, 0) is 177 Å². The van der Waals surface area contributed by atoms with Crippen LogP contribution >= 0.6 is 0 Å². The molecule has 18 aromatic carbocycles. The SMILES string of the molecule is [2H]c1c([2H])c([2H])c2c(-c3cc4oc5ccc6ccccc6c5c4c4ccccc34)c3c([2H])c([2H])c([2H])c([2H])c3c(-c3ccc(-c4ccccc4)cc3)c2c1[2H].[2H]c1c([2H])c([2H])c2c(-c3ccc(-c4cc5oc6ccc7ccccc7c6c5c5ccccc45)cc3)c3c([2H])c([2H])c([2H])c([2H])c3c(-c3ccccc3)c2c1[2H]. The van der Waals surface area contributed by atoms with Crippen molar-refractivity contribution in [2.75, 3.05) is 0 Å². The van der Waals surface area contributed by atoms with Crippen molar-refractivity contribution in [1.82, 2.24) is 0 Å². The monoisotopic (exact) mass is 1210 g/mol. The van der Waals surface area contributed by atoms with E-state index in [1.807, 2.05) is 170 Å². The molecule has 0 saturated heterocycles. The van der Waals surface area contributed by atoms with E-state index in [0.29, 0.717) is 50.1 Å². The van der Waals surface area contributed by atoms with Crippen molar-refractivity contribution in [3.05, 3.63) is 339 Å². The molecule has 2 nitrogen and oxygen atoms in total. The zero-order valence-corrected chi connectivity index (χ0v) is 49.9. The van der Waals surface area contributed by atoms with Gasteiger partial charge in [-0.25, -0.2) is 0 Å². The minimum atomic E-state index is -0.440. The fourth-order valence-corrected chi connectivity index (χ4v) is 14.5. The Morgan fingerprint density at radius 2 is 0.479 bits per heavy atom. The van der Waals surface area contributed by atoms with E-state index in [4.69, 9.17) is 22.5 Å². The lowest BCUT2D eigenvalue weighted by Gasteiger charge is -2.19. The molecule has 0 radical (unpaired) electrons. The summed E-state index contributed by atoms with van der Waals surface area (Å²) < 4.78 is 158. The molecule has 0 aliphatic carbocycles. The summed E-state index contributed by atoms with van der Waals surface area (Å²) in [6, 6.07) is 72.6. The standard InChI is InChI=1S/2C46H28O/c1-2-13-31(14-3-1)43-36-18-8-10-20-38(36)44(39-21-11-9-19-37(39)43)32-24-22-30(23-25-32)40-28-42-46(35-17-7-6-16-34(35)40)45-33-15-5-4-12-29(33)26-27-41(45)47-42;1-2-12-29(13-3-1)30-22-24-32(25-23-30)43-36-18-8-10-20-38(36)44(39-21-11-9-19-37(39)43)40-28-42-46(35-17-7-6-16-34(35)40)45-33-15-5-4-14-31(33)26-27-41(45)47-42/h2*1-28H/i2*8D,9D,10D,11D,18D,19D,20D,21D. The van der Waals surface area contributed by atoms with E-state index >= 15 is 0 Å². The largest absolute Gasteiger partial charge is 0.456 e. The van der Waals surface area contributed by atoms with Gasteiger partial charge in [-0.1, -0.05) is 315 Å². The summed E-state index contributed by atoms with van der Waals surface area (Å²) in [6.07, 6.45) is 0. The van der Waals surface area contributed by atoms with E-state index in [-0.39, 0.29) is 97.0 Å². The number of furan rings is 2. The van der Waals surface area contributed by atoms with Gasteiger partial charge in [-0.2, -0.15) is 0 Å². The van der Waals surface area contributed by atoms with Crippen LogP contribution in [-0.4, -0.2) is 0 Å². The Balaban J connectivity index is 0.000000149. The van der Waals surface area contributed by atoms with Crippen LogP contribution in [0.2, 0.25) is 0 Å². The third kappa shape index (κ3) is 8.43. The third-order valence-electron chi connectivity index (χ3n) is 18.6. The molecule has 0 N–H and O–H groups in total. The molecule has 20 rings (SSSR count). The van der Waals surface area contributed by atoms with Crippen molar-refractivity contribution in [2.45, 2.75) is 0 Å². The topological polar surface area (TPSA) is 26.3 Å². The molecule has 94 heavy (non-hydrogen) atoms. The lowest BCUT2D eigenvalue weighted by Crippen LogP contribution is -1.92. The van der Waals surface area contributed by atoms with Crippen LogP contribution in [0.3, 0.4) is 0 Å². The molecule has 0 atom stereocenters. The average Bonchev–Trinajstić information content (AvgIpc) is 1.25. The van der Waals surface area contributed by atoms with E-state index in [1.54, 1.807) is 24.3 Å². The predicted octanol–water partition coefficient (Wildman–Crippen LogP) is 26.4. The molecular weight excluding hydrogens is 1140 g/mol. The Hall–Kier alpha value is -12.4. The van der Waals surface area contributed by atoms with Crippen LogP contribution in [0.5, 0.6) is 0 Å². The van der Waals surface area contributed by atoms with Gasteiger partial charge >= 0.3 is 0 Å². The molecule has 0 spiro atoms. The number of fused-ring (bicyclic) bond motifs is 18. The Kier molecular flexibility index (Phi) is 9.15. The molecule has 0 saturated carbocycles. The van der Waals surface area contributed by atoms with E-state index in [1.165, 1.54) is 0 Å². The third-order valence-corrected chi connectivity index (χ3v) is 18.6. The number of hydrogen-bond acceptors (Lipinski definition) is 2. The second-order valence-electron chi connectivity index (χ2n) is 23.6. The lowest BCUT2D eigenvalue weighted by atomic mass is 9.84. The summed E-state index contributed by atoms with van der Waals surface area (Å²) in [6.45, 7) is 0. The van der Waals surface area contributed by atoms with Gasteiger partial charge in [-0.3, -0.25) is 0 Å². The minimum absolute atomic E-state index is 0.164. The smallest absolute Gasteiger partial charge is 0.136 e. The first-order valence-electron chi connectivity index (χ1n) is 39.1. The lowest BCUT2D eigenvalue weighted by molar-refractivity contribution is 0.669. The summed E-state index contributed by atoms with van der Waals surface area (Å²) in [5, 5.41) is 13.4. The number of rotatable bonds is 6. The molecule has 0 aliphatic rings. The highest BCUT2D eigenvalue weighted by molar-refractivity contribution is 6.32. The maximum atomic E-state index is 9.46. The Morgan fingerprint density at radius 3 is 0.904 bits per heavy atom. The molecule has 20 aromatic rings. The molecule has 0 fully saturated rings. The highest BCUT2D eigenvalue weighted by Gasteiger charge is 2.24. The Labute approximate surface area is 564 Å². The van der Waals surface area contributed by atoms with Crippen LogP contribution in [0.4, 0.5) is 0 Å². The van der Waals surface area contributed by atoms with Gasteiger partial charge < -0.3 is 8.83 Å². The van der Waals surface area contributed by atoms with Crippen molar-refractivity contribution in [1.29, 1.82) is 0 Å². The van der Waals surface area contributed by atoms with Gasteiger partial charge in [0, 0.05) is 21.5 Å². The van der Waals surface area contributed by atoms with Crippen LogP contribution in [0.1, 0.15) is 21.9 Å². The first kappa shape index (κ1) is 39.7. The highest BCUT2D eigenvalue weighted by Crippen LogP contribution is 2.50. The summed E-state index contributed by atoms with van der Waals surface area (Å²) in [7, 11) is 0. The van der Waals surface area contributed by atoms with Crippen molar-refractivity contribution in [3.8, 4) is 66.8 Å². The second kappa shape index (κ2) is 21.7. The van der Waals surface area contributed by atoms with E-state index < -0.39 is 48.3 Å². The zero-order chi connectivity index (χ0) is 75.7. The molecule has 2 heterocycles. The number of benzene rings is 18. The fraction of sp³-hybridized carbons (Fsp3) is 0. The van der Waals surface area contributed by atoms with Crippen LogP contribution in [0.25, 0.3) is 197 Å². The molecule has 2 aromatic heterocycles. The van der Waals surface area contributed by atoms with Crippen LogP contribution < -0.4 is 0 Å². The maximum Gasteiger partial charge on any atom is 0.136 e. The van der Waals surface area contributed by atoms with Gasteiger partial charge in [0.2, 0.25) is 0 Å². The number of hydrogen-bond donors (Lipinski definition) is 0. The highest BCUT2D eigenvalue weighted by atomic mass is 16.3. The normalized spacial score (nSPS) is 14.2. The van der Waals surface area contributed by atoms with Gasteiger partial charge in [0.05, 0.1) is 21.9 Å². The van der Waals surface area contributed by atoms with Crippen LogP contribution in [0.15, 0.2) is 348 Å². The van der Waals surface area contributed by atoms with Gasteiger partial charge in [-0.15, -0.1) is 0 Å². The second-order valence-corrected chi connectivity index (χ2v) is 23.6. The molecule has 436 valence electrons. The van der Waals surface area contributed by atoms with Gasteiger partial charge in [0.15, 0.2) is 0 Å². The van der Waals surface area contributed by atoms with Crippen LogP contribution in [0, 0.1) is 0 Å². The van der Waals surface area contributed by atoms with Gasteiger partial charge in [0.25, 0.3) is 0 Å². The van der Waals surface area contributed by atoms with Crippen molar-refractivity contribution in [2.24, 2.45) is 0 Å². The first-order valence-corrected chi connectivity index (χ1v) is 31.1. The molecule has 2 heteroatoms. The Bertz CT molecular complexity index is 7280. The average molecular weight is 1210 g/mol. The molecule has 0 unspecified atom stereocenters. The van der Waals surface area contributed by atoms with Crippen LogP contribution in [-0.2, 0) is 0 Å². The van der Waals surface area contributed by atoms with Crippen molar-refractivity contribution < 1.29 is 30.8 Å². The van der Waals surface area contributed by atoms with E-state index in [2.05, 4.69) is 48.5 Å². The molecular formula is C92H56O2. The van der Waals surface area contributed by atoms with Gasteiger partial charge in [0.1, 0.15) is 22.3 Å². The maximum absolute atomic E-state index is 9.46. The summed E-state index contributed by atoms with van der Waals surface area (Å²) in [4.78, 5) is 0. The molecule has 0 amide bonds. The predicted molar refractivity (Wildman–Crippen MR) is 400 cm³/mol. The van der Waals surface area contributed by atoms with E-state index in [9.17, 15) is 8.22 Å². The van der Waals surface area contributed by atoms with E-state index in [0.717, 1.165) is 98.1 Å². The molecule has 0 bridgehead atoms. The molecule has 0 aliphatic heterocycles. The minimum Gasteiger partial charge on any atom is -0.456 e. The Morgan fingerprint density at radius 1 is 0.191 bits per heavy atom.